The van der Waals surface area contributed by atoms with E-state index in [9.17, 15) is 80.5 Å². The van der Waals surface area contributed by atoms with Gasteiger partial charge in [0, 0.05) is 30.1 Å². The highest BCUT2D eigenvalue weighted by molar-refractivity contribution is 5.89. The number of carboxylic acid groups (broad SMARTS) is 1. The van der Waals surface area contributed by atoms with E-state index in [1.807, 2.05) is 0 Å². The molecule has 4 rings (SSSR count). The average molecular weight is 989 g/mol. The third-order valence-corrected chi connectivity index (χ3v) is 11.2. The Bertz CT molecular complexity index is 2260. The molecular weight excluding hydrogens is 929 g/mol. The standard InChI is InChI=1S/C48H60O22/c1-24(11-7-13-26(3)43(60)69-42-31(52)20-48(64,47(62)63)21-32(42)66-35(53)18-16-28-15-17-29(50)30(51)19-28)9-5-6-10-25(2)12-8-14-27(4)44(61)70-46-41(59)39(57)37(55)34(68-46)23-65-45-40(58)38(56)36(54)33(22-49)67-45/h5-19,31-34,36-42,45-46,49-52,54-59,64H,20-23H2,1-4H3,(H,62,63)/b6-5+,11-7+,12-8+,18-16+,24-9+,25-10+,26-13+,27-14+/t31-,32-,33-,34-,36-,37-,38+,39+,40-,41-,42+,45-,46+,48+/m1/s1. The summed E-state index contributed by atoms with van der Waals surface area (Å²) in [6.07, 6.45) is -4.47. The monoisotopic (exact) mass is 988 g/mol. The summed E-state index contributed by atoms with van der Waals surface area (Å²) in [4.78, 5) is 50.4. The molecule has 22 heteroatoms. The number of carbonyl (C=O) groups excluding carboxylic acids is 3. The first-order valence-electron chi connectivity index (χ1n) is 21.8. The van der Waals surface area contributed by atoms with Gasteiger partial charge in [-0.05, 0) is 51.5 Å². The van der Waals surface area contributed by atoms with E-state index in [2.05, 4.69) is 0 Å². The summed E-state index contributed by atoms with van der Waals surface area (Å²) in [6.45, 7) is 5.09. The number of hydrogen-bond donors (Lipinski definition) is 12. The third-order valence-electron chi connectivity index (χ3n) is 11.2. The van der Waals surface area contributed by atoms with Gasteiger partial charge in [0.05, 0.1) is 19.3 Å². The summed E-state index contributed by atoms with van der Waals surface area (Å²) in [5.74, 6) is -5.41. The number of allylic oxidation sites excluding steroid dienone is 12. The van der Waals surface area contributed by atoms with Gasteiger partial charge in [-0.3, -0.25) is 0 Å². The second kappa shape index (κ2) is 25.8. The van der Waals surface area contributed by atoms with E-state index in [-0.39, 0.29) is 16.9 Å². The van der Waals surface area contributed by atoms with Crippen LogP contribution in [0, 0.1) is 0 Å². The highest BCUT2D eigenvalue weighted by Crippen LogP contribution is 2.34. The van der Waals surface area contributed by atoms with E-state index in [0.29, 0.717) is 5.56 Å². The van der Waals surface area contributed by atoms with E-state index in [1.165, 1.54) is 44.2 Å². The van der Waals surface area contributed by atoms with E-state index in [4.69, 9.17) is 28.4 Å². The Balaban J connectivity index is 1.28. The lowest BCUT2D eigenvalue weighted by atomic mass is 9.79. The SMILES string of the molecule is CC(/C=C/C=C(\C)C(=O)O[C@@H]1O[C@H](CO[C@@H]2O[C@H](CO)[C@@H](O)[C@H](O)[C@H]2O)[C@@H](O)[C@H](O)[C@H]1O)=C\C=C\C=C(C)\C=C\C=C(/C)C(=O)O[C@H]1[C@H](O)C[C@@](O)(C(=O)O)C[C@H]1OC(=O)/C=C/c1ccc(O)c(O)c1. The van der Waals surface area contributed by atoms with Crippen LogP contribution in [0.25, 0.3) is 6.08 Å². The summed E-state index contributed by atoms with van der Waals surface area (Å²) < 4.78 is 32.1. The molecular formula is C48H60O22. The Hall–Kier alpha value is -5.86. The van der Waals surface area contributed by atoms with Crippen LogP contribution in [0.4, 0.5) is 0 Å². The van der Waals surface area contributed by atoms with Crippen LogP contribution >= 0.6 is 0 Å². The van der Waals surface area contributed by atoms with Crippen molar-refractivity contribution in [1.29, 1.82) is 0 Å². The van der Waals surface area contributed by atoms with Crippen LogP contribution in [0.2, 0.25) is 0 Å². The molecule has 0 spiro atoms. The zero-order chi connectivity index (χ0) is 52.0. The maximum atomic E-state index is 13.0. The van der Waals surface area contributed by atoms with Crippen molar-refractivity contribution in [2.45, 2.75) is 126 Å². The quantitative estimate of drug-likeness (QED) is 0.0291. The molecule has 384 valence electrons. The second-order valence-electron chi connectivity index (χ2n) is 16.8. The Morgan fingerprint density at radius 1 is 0.657 bits per heavy atom. The molecule has 3 aliphatic rings. The van der Waals surface area contributed by atoms with Crippen LogP contribution in [0.15, 0.2) is 107 Å². The van der Waals surface area contributed by atoms with Crippen LogP contribution in [0.3, 0.4) is 0 Å². The smallest absolute Gasteiger partial charge is 0.336 e. The normalized spacial score (nSPS) is 32.7. The maximum Gasteiger partial charge on any atom is 0.336 e. The number of carbonyl (C=O) groups is 4. The Labute approximate surface area is 401 Å². The number of benzene rings is 1. The van der Waals surface area contributed by atoms with Crippen molar-refractivity contribution in [1.82, 2.24) is 0 Å². The van der Waals surface area contributed by atoms with Crippen molar-refractivity contribution >= 4 is 30.0 Å². The molecule has 0 unspecified atom stereocenters. The summed E-state index contributed by atoms with van der Waals surface area (Å²) in [5, 5.41) is 121. The summed E-state index contributed by atoms with van der Waals surface area (Å²) >= 11 is 0. The first kappa shape index (κ1) is 56.7. The molecule has 14 atom stereocenters. The lowest BCUT2D eigenvalue weighted by Crippen LogP contribution is -2.61. The predicted octanol–water partition coefficient (Wildman–Crippen LogP) is -0.474. The third kappa shape index (κ3) is 15.6. The largest absolute Gasteiger partial charge is 0.504 e. The Kier molecular flexibility index (Phi) is 20.9. The average Bonchev–Trinajstić information content (AvgIpc) is 3.31. The molecule has 2 heterocycles. The molecule has 2 saturated heterocycles. The van der Waals surface area contributed by atoms with E-state index >= 15 is 0 Å². The van der Waals surface area contributed by atoms with E-state index in [0.717, 1.165) is 23.3 Å². The molecule has 0 radical (unpaired) electrons. The number of rotatable bonds is 18. The van der Waals surface area contributed by atoms with Gasteiger partial charge in [-0.25, -0.2) is 19.2 Å². The van der Waals surface area contributed by atoms with Crippen LogP contribution in [0.1, 0.15) is 46.1 Å². The van der Waals surface area contributed by atoms with Gasteiger partial charge in [0.25, 0.3) is 0 Å². The lowest BCUT2D eigenvalue weighted by Gasteiger charge is -2.42. The number of aliphatic hydroxyl groups is 9. The van der Waals surface area contributed by atoms with Crippen molar-refractivity contribution in [3.8, 4) is 11.5 Å². The Morgan fingerprint density at radius 3 is 1.76 bits per heavy atom. The Morgan fingerprint density at radius 2 is 1.20 bits per heavy atom. The molecule has 0 amide bonds. The predicted molar refractivity (Wildman–Crippen MR) is 241 cm³/mol. The second-order valence-corrected chi connectivity index (χ2v) is 16.8. The number of aromatic hydroxyl groups is 2. The fourth-order valence-corrected chi connectivity index (χ4v) is 6.99. The van der Waals surface area contributed by atoms with Crippen LogP contribution in [0.5, 0.6) is 11.5 Å². The van der Waals surface area contributed by atoms with Gasteiger partial charge in [-0.2, -0.15) is 0 Å². The van der Waals surface area contributed by atoms with Crippen molar-refractivity contribution in [2.75, 3.05) is 13.2 Å². The minimum Gasteiger partial charge on any atom is -0.504 e. The summed E-state index contributed by atoms with van der Waals surface area (Å²) in [5.41, 5.74) is -0.549. The van der Waals surface area contributed by atoms with Gasteiger partial charge in [0.1, 0.15) is 54.9 Å². The molecule has 1 aliphatic carbocycles. The number of aliphatic carboxylic acids is 1. The zero-order valence-corrected chi connectivity index (χ0v) is 38.4. The summed E-state index contributed by atoms with van der Waals surface area (Å²) in [7, 11) is 0. The molecule has 3 fully saturated rings. The van der Waals surface area contributed by atoms with Crippen molar-refractivity contribution in [3.63, 3.8) is 0 Å². The fraction of sp³-hybridized carbons (Fsp3) is 0.458. The molecule has 1 aromatic rings. The molecule has 1 aromatic carbocycles. The first-order valence-corrected chi connectivity index (χ1v) is 21.8. The molecule has 22 nitrogen and oxygen atoms in total. The summed E-state index contributed by atoms with van der Waals surface area (Å²) in [6, 6.07) is 3.73. The molecule has 70 heavy (non-hydrogen) atoms. The molecule has 12 N–H and O–H groups in total. The van der Waals surface area contributed by atoms with E-state index in [1.54, 1.807) is 62.5 Å². The van der Waals surface area contributed by atoms with Gasteiger partial charge >= 0.3 is 23.9 Å². The maximum absolute atomic E-state index is 13.0. The number of ether oxygens (including phenoxy) is 6. The van der Waals surface area contributed by atoms with Crippen molar-refractivity contribution in [3.05, 3.63) is 113 Å². The van der Waals surface area contributed by atoms with Crippen LogP contribution < -0.4 is 0 Å². The number of aliphatic hydroxyl groups excluding tert-OH is 8. The minimum atomic E-state index is -2.50. The molecule has 2 aliphatic heterocycles. The highest BCUT2D eigenvalue weighted by Gasteiger charge is 2.53. The fourth-order valence-electron chi connectivity index (χ4n) is 6.99. The number of esters is 3. The van der Waals surface area contributed by atoms with E-state index < -0.39 is 141 Å². The van der Waals surface area contributed by atoms with Crippen LogP contribution in [-0.4, -0.2) is 184 Å². The zero-order valence-electron chi connectivity index (χ0n) is 38.4. The van der Waals surface area contributed by atoms with Crippen molar-refractivity contribution < 1.29 is 109 Å². The molecule has 0 aromatic heterocycles. The lowest BCUT2D eigenvalue weighted by molar-refractivity contribution is -0.326. The topological polar surface area (TPSA) is 366 Å². The van der Waals surface area contributed by atoms with Gasteiger partial charge < -0.3 is 89.7 Å². The van der Waals surface area contributed by atoms with Gasteiger partial charge in [-0.15, -0.1) is 0 Å². The highest BCUT2D eigenvalue weighted by atomic mass is 16.7. The first-order chi connectivity index (χ1) is 33.0. The van der Waals surface area contributed by atoms with Gasteiger partial charge in [0.15, 0.2) is 29.5 Å². The van der Waals surface area contributed by atoms with Gasteiger partial charge in [0.2, 0.25) is 6.29 Å². The van der Waals surface area contributed by atoms with Crippen molar-refractivity contribution in [2.24, 2.45) is 0 Å². The molecule has 1 saturated carbocycles. The minimum absolute atomic E-state index is 0.0659. The van der Waals surface area contributed by atoms with Gasteiger partial charge in [-0.1, -0.05) is 78.0 Å². The number of phenols is 2. The molecule has 0 bridgehead atoms. The number of phenolic OH excluding ortho intramolecular Hbond substituents is 2. The number of hydrogen-bond acceptors (Lipinski definition) is 21. The number of carboxylic acids is 1. The van der Waals surface area contributed by atoms with Crippen LogP contribution in [-0.2, 0) is 47.6 Å².